The lowest BCUT2D eigenvalue weighted by molar-refractivity contribution is 0.0923. The fourth-order valence-electron chi connectivity index (χ4n) is 13.2. The normalized spacial score (nSPS) is 13.6. The summed E-state index contributed by atoms with van der Waals surface area (Å²) < 4.78 is 58.4. The van der Waals surface area contributed by atoms with Crippen LogP contribution < -0.4 is 37.9 Å². The van der Waals surface area contributed by atoms with Crippen LogP contribution in [0.2, 0.25) is 0 Å². The minimum Gasteiger partial charge on any atom is -0.492 e. The fourth-order valence-corrected chi connectivity index (χ4v) is 16.2. The van der Waals surface area contributed by atoms with Gasteiger partial charge in [0.05, 0.1) is 92.2 Å². The first-order chi connectivity index (χ1) is 61.2. The van der Waals surface area contributed by atoms with E-state index < -0.39 is 24.4 Å². The highest BCUT2D eigenvalue weighted by atomic mass is 123. The van der Waals surface area contributed by atoms with Crippen molar-refractivity contribution in [2.75, 3.05) is 76.4 Å². The second kappa shape index (κ2) is 51.8. The largest absolute Gasteiger partial charge is 0.492 e. The van der Waals surface area contributed by atoms with Crippen molar-refractivity contribution in [1.29, 1.82) is 0 Å². The lowest BCUT2D eigenvalue weighted by Crippen LogP contribution is -2.23. The summed E-state index contributed by atoms with van der Waals surface area (Å²) in [7, 11) is 0. The van der Waals surface area contributed by atoms with Crippen LogP contribution in [-0.4, -0.2) is 159 Å². The van der Waals surface area contributed by atoms with Gasteiger partial charge in [0, 0.05) is 118 Å². The lowest BCUT2D eigenvalue weighted by Gasteiger charge is -2.27. The van der Waals surface area contributed by atoms with Gasteiger partial charge in [0.15, 0.2) is 0 Å². The summed E-state index contributed by atoms with van der Waals surface area (Å²) in [6, 6.07) is 57.7. The maximum Gasteiger partial charge on any atom is 0.132 e. The molecule has 4 aromatic heterocycles. The molecule has 0 amide bonds. The Bertz CT molecular complexity index is 4550. The van der Waals surface area contributed by atoms with E-state index in [1.54, 1.807) is 50.1 Å². The van der Waals surface area contributed by atoms with Crippen LogP contribution in [0.3, 0.4) is 0 Å². The number of hydrogen-bond acceptors (Lipinski definition) is 16. The summed E-state index contributed by atoms with van der Waals surface area (Å²) >= 11 is 32.8. The Balaban J connectivity index is 0.000000193. The van der Waals surface area contributed by atoms with Crippen LogP contribution in [0.1, 0.15) is 128 Å². The zero-order valence-electron chi connectivity index (χ0n) is 74.7. The number of rotatable bonds is 44. The van der Waals surface area contributed by atoms with Crippen LogP contribution in [0.5, 0.6) is 46.0 Å². The highest BCUT2D eigenvalue weighted by Crippen LogP contribution is 2.41. The molecule has 20 nitrogen and oxygen atoms in total. The first kappa shape index (κ1) is 105. The van der Waals surface area contributed by atoms with E-state index in [1.807, 2.05) is 116 Å². The van der Waals surface area contributed by atoms with Crippen LogP contribution in [0, 0.1) is 38.0 Å². The topological polar surface area (TPSA) is 226 Å². The van der Waals surface area contributed by atoms with Crippen molar-refractivity contribution in [3.8, 4) is 46.0 Å². The van der Waals surface area contributed by atoms with Gasteiger partial charge in [0.25, 0.3) is 0 Å². The minimum atomic E-state index is -0.601. The minimum absolute atomic E-state index is 0.179. The number of benzene rings is 8. The van der Waals surface area contributed by atoms with Gasteiger partial charge in [-0.3, -0.25) is 0 Å². The maximum absolute atomic E-state index is 10.2. The van der Waals surface area contributed by atoms with Crippen LogP contribution in [-0.2, 0) is 47.8 Å². The molecule has 0 saturated carbocycles. The predicted molar refractivity (Wildman–Crippen MR) is 547 cm³/mol. The molecule has 688 valence electrons. The molecule has 12 aromatic rings. The average molecular weight is 2260 g/mol. The number of nitrogens with zero attached hydrogens (tertiary/aromatic N) is 8. The van der Waals surface area contributed by atoms with E-state index in [1.165, 1.54) is 44.5 Å². The highest BCUT2D eigenvalue weighted by molar-refractivity contribution is 14.1. The van der Waals surface area contributed by atoms with E-state index in [0.29, 0.717) is 99.8 Å². The SMILES string of the molecule is C[C@@H](CCl)COc1ccc(C(C)(C)c2ccc(OC[C@@H](O)Cn3ccnc3)cc2)cc1[123I].C[C@@H](CCl)COc1ccc(C(C)(C)c2ccc(OC[C@H](O)Cn3ccnc3)cc2)cc1[123I].C[C@H](CCl)COc1ccc(C(C)(C)c2ccc(OC[C@@H](O)Cn3ccnc3)cc2)cc1[123I].C[C@H](CCl)COc1ccc(C(C)(C)c2ccc(OC[C@H](O)Cn3ccnc3)cc2)cc1[123I]. The van der Waals surface area contributed by atoms with E-state index in [-0.39, 0.29) is 48.1 Å². The molecule has 0 aliphatic heterocycles. The number of halogens is 8. The molecule has 0 aliphatic rings. The van der Waals surface area contributed by atoms with Crippen molar-refractivity contribution >= 4 is 137 Å². The number of aromatic nitrogens is 8. The molecule has 0 saturated heterocycles. The Morgan fingerprint density at radius 1 is 0.273 bits per heavy atom. The number of ether oxygens (including phenoxy) is 8. The summed E-state index contributed by atoms with van der Waals surface area (Å²) in [6.07, 6.45) is 18.4. The molecule has 0 radical (unpaired) electrons. The molecular weight excluding hydrogens is 2140 g/mol. The van der Waals surface area contributed by atoms with E-state index in [4.69, 9.17) is 84.3 Å². The van der Waals surface area contributed by atoms with Gasteiger partial charge >= 0.3 is 0 Å². The third kappa shape index (κ3) is 32.7. The fraction of sp³-hybridized carbons (Fsp3) is 0.400. The van der Waals surface area contributed by atoms with Crippen LogP contribution in [0.15, 0.2) is 245 Å². The molecule has 0 unspecified atom stereocenters. The number of aliphatic hydroxyl groups is 4. The molecule has 12 rings (SSSR count). The van der Waals surface area contributed by atoms with Crippen molar-refractivity contribution in [1.82, 2.24) is 38.2 Å². The number of hydrogen-bond donors (Lipinski definition) is 4. The third-order valence-electron chi connectivity index (χ3n) is 21.8. The van der Waals surface area contributed by atoms with Gasteiger partial charge in [-0.15, -0.1) is 46.4 Å². The molecule has 4 N–H and O–H groups in total. The first-order valence-electron chi connectivity index (χ1n) is 42.6. The molecule has 0 aliphatic carbocycles. The summed E-state index contributed by atoms with van der Waals surface area (Å²) in [5, 5.41) is 40.6. The van der Waals surface area contributed by atoms with Crippen LogP contribution in [0.4, 0.5) is 0 Å². The Morgan fingerprint density at radius 3 is 0.609 bits per heavy atom. The molecule has 28 heteroatoms. The second-order valence-corrected chi connectivity index (χ2v) is 40.2. The second-order valence-electron chi connectivity index (χ2n) is 34.4. The number of aliphatic hydroxyl groups excluding tert-OH is 4. The molecule has 0 fully saturated rings. The first-order valence-corrected chi connectivity index (χ1v) is 49.1. The Hall–Kier alpha value is -7.08. The number of alkyl halides is 4. The zero-order chi connectivity index (χ0) is 92.6. The van der Waals surface area contributed by atoms with Gasteiger partial charge in [-0.2, -0.15) is 0 Å². The van der Waals surface area contributed by atoms with Gasteiger partial charge in [0.2, 0.25) is 0 Å². The molecule has 8 aromatic carbocycles. The summed E-state index contributed by atoms with van der Waals surface area (Å²) in [4.78, 5) is 15.9. The number of imidazole rings is 4. The Kier molecular flexibility index (Phi) is 42.4. The standard InChI is InChI=1S/4C25H30ClIN2O3/c4*1-18(13-26)15-32-24-9-6-20(12-23(24)27)25(2,3)19-4-7-22(8-5-19)31-16-21(30)14-29-11-10-28-17-29/h4*4-12,17-18,21,30H,13-16H2,1-3H3/t2*18-,21+;2*18-,21-/m1010/s1/i4*27-4. The molecule has 0 spiro atoms. The van der Waals surface area contributed by atoms with E-state index in [9.17, 15) is 20.4 Å². The van der Waals surface area contributed by atoms with Crippen molar-refractivity contribution in [2.24, 2.45) is 23.7 Å². The summed E-state index contributed by atoms with van der Waals surface area (Å²) in [5.74, 6) is 10.1. The lowest BCUT2D eigenvalue weighted by atomic mass is 9.78. The Morgan fingerprint density at radius 2 is 0.453 bits per heavy atom. The van der Waals surface area contributed by atoms with E-state index >= 15 is 0 Å². The molecule has 4 heterocycles. The molecule has 0 bridgehead atoms. The maximum atomic E-state index is 10.2. The van der Waals surface area contributed by atoms with Crippen molar-refractivity contribution in [3.05, 3.63) is 304 Å². The van der Waals surface area contributed by atoms with E-state index in [2.05, 4.69) is 290 Å². The monoisotopic (exact) mass is 2260 g/mol. The van der Waals surface area contributed by atoms with Gasteiger partial charge < -0.3 is 76.6 Å². The van der Waals surface area contributed by atoms with Crippen molar-refractivity contribution in [3.63, 3.8) is 0 Å². The molecule has 128 heavy (non-hydrogen) atoms. The van der Waals surface area contributed by atoms with Gasteiger partial charge in [-0.05, 0) is 232 Å². The quantitative estimate of drug-likeness (QED) is 0.0206. The summed E-state index contributed by atoms with van der Waals surface area (Å²) in [5.41, 5.74) is 8.87. The van der Waals surface area contributed by atoms with Crippen molar-refractivity contribution < 1.29 is 58.3 Å². The van der Waals surface area contributed by atoms with Gasteiger partial charge in [-0.25, -0.2) is 19.9 Å². The Labute approximate surface area is 830 Å². The predicted octanol–water partition coefficient (Wildman–Crippen LogP) is 22.0. The van der Waals surface area contributed by atoms with Gasteiger partial charge in [0.1, 0.15) is 96.8 Å². The van der Waals surface area contributed by atoms with E-state index in [0.717, 1.165) is 60.3 Å². The van der Waals surface area contributed by atoms with Crippen LogP contribution in [0.25, 0.3) is 0 Å². The smallest absolute Gasteiger partial charge is 0.132 e. The molecular formula is C100H120Cl4I4N8O12. The summed E-state index contributed by atoms with van der Waals surface area (Å²) in [6.45, 7) is 31.1. The average Bonchev–Trinajstić information content (AvgIpc) is 0.818. The van der Waals surface area contributed by atoms with Crippen LogP contribution >= 0.6 is 137 Å². The van der Waals surface area contributed by atoms with Crippen molar-refractivity contribution in [2.45, 2.75) is 155 Å². The third-order valence-corrected chi connectivity index (χ3v) is 27.2. The molecule has 8 atom stereocenters. The highest BCUT2D eigenvalue weighted by Gasteiger charge is 2.30. The van der Waals surface area contributed by atoms with Gasteiger partial charge in [-0.1, -0.05) is 156 Å². The zero-order valence-corrected chi connectivity index (χ0v) is 86.3.